The van der Waals surface area contributed by atoms with E-state index in [-0.39, 0.29) is 11.0 Å². The summed E-state index contributed by atoms with van der Waals surface area (Å²) < 4.78 is 0. The second-order valence-corrected chi connectivity index (χ2v) is 3.77. The fourth-order valence-electron chi connectivity index (χ4n) is 2.08. The monoisotopic (exact) mass is 181 g/mol. The van der Waals surface area contributed by atoms with Crippen LogP contribution in [0.25, 0.3) is 0 Å². The SMILES string of the molecule is CC12C=CCCC1C(=O)N(O)C2=O. The van der Waals surface area contributed by atoms with Crippen LogP contribution in [0.5, 0.6) is 0 Å². The van der Waals surface area contributed by atoms with Crippen LogP contribution >= 0.6 is 0 Å². The molecule has 1 heterocycles. The van der Waals surface area contributed by atoms with Crippen molar-refractivity contribution in [2.24, 2.45) is 11.3 Å². The third kappa shape index (κ3) is 0.891. The Kier molecular flexibility index (Phi) is 1.57. The van der Waals surface area contributed by atoms with E-state index in [1.165, 1.54) is 0 Å². The minimum atomic E-state index is -0.802. The third-order valence-electron chi connectivity index (χ3n) is 2.97. The molecule has 1 saturated heterocycles. The van der Waals surface area contributed by atoms with Crippen molar-refractivity contribution in [3.8, 4) is 0 Å². The quantitative estimate of drug-likeness (QED) is 0.340. The molecule has 0 saturated carbocycles. The van der Waals surface area contributed by atoms with Gasteiger partial charge in [0.15, 0.2) is 0 Å². The molecule has 2 rings (SSSR count). The summed E-state index contributed by atoms with van der Waals surface area (Å²) in [5.41, 5.74) is -0.802. The largest absolute Gasteiger partial charge is 0.278 e. The molecule has 0 bridgehead atoms. The highest BCUT2D eigenvalue weighted by atomic mass is 16.5. The lowest BCUT2D eigenvalue weighted by atomic mass is 9.73. The Morgan fingerprint density at radius 1 is 1.62 bits per heavy atom. The third-order valence-corrected chi connectivity index (χ3v) is 2.97. The lowest BCUT2D eigenvalue weighted by Gasteiger charge is -2.25. The Bertz CT molecular complexity index is 310. The summed E-state index contributed by atoms with van der Waals surface area (Å²) >= 11 is 0. The average molecular weight is 181 g/mol. The lowest BCUT2D eigenvalue weighted by Crippen LogP contribution is -2.32. The summed E-state index contributed by atoms with van der Waals surface area (Å²) in [7, 11) is 0. The molecule has 2 amide bonds. The highest BCUT2D eigenvalue weighted by Gasteiger charge is 2.55. The molecule has 1 aliphatic carbocycles. The molecule has 4 heteroatoms. The van der Waals surface area contributed by atoms with Crippen molar-refractivity contribution >= 4 is 11.8 Å². The maximum Gasteiger partial charge on any atom is 0.263 e. The molecular weight excluding hydrogens is 170 g/mol. The molecule has 0 spiro atoms. The van der Waals surface area contributed by atoms with Gasteiger partial charge in [0.1, 0.15) is 0 Å². The van der Waals surface area contributed by atoms with Crippen LogP contribution in [-0.2, 0) is 9.59 Å². The van der Waals surface area contributed by atoms with Crippen LogP contribution in [0.2, 0.25) is 0 Å². The standard InChI is InChI=1S/C9H11NO3/c1-9-5-3-2-4-6(9)7(11)10(13)8(9)12/h3,5-6,13H,2,4H2,1H3. The first kappa shape index (κ1) is 8.44. The van der Waals surface area contributed by atoms with Crippen LogP contribution < -0.4 is 0 Å². The lowest BCUT2D eigenvalue weighted by molar-refractivity contribution is -0.173. The molecule has 2 unspecified atom stereocenters. The molecule has 1 N–H and O–H groups in total. The molecule has 13 heavy (non-hydrogen) atoms. The minimum Gasteiger partial charge on any atom is -0.278 e. The Balaban J connectivity index is 2.48. The molecule has 1 aliphatic heterocycles. The summed E-state index contributed by atoms with van der Waals surface area (Å²) in [5, 5.41) is 9.43. The van der Waals surface area contributed by atoms with Gasteiger partial charge in [-0.15, -0.1) is 0 Å². The van der Waals surface area contributed by atoms with Gasteiger partial charge in [0, 0.05) is 0 Å². The van der Waals surface area contributed by atoms with Crippen LogP contribution in [0.15, 0.2) is 12.2 Å². The van der Waals surface area contributed by atoms with E-state index in [1.807, 2.05) is 6.08 Å². The van der Waals surface area contributed by atoms with Gasteiger partial charge in [-0.25, -0.2) is 0 Å². The molecule has 0 aromatic heterocycles. The number of fused-ring (bicyclic) bond motifs is 1. The van der Waals surface area contributed by atoms with Gasteiger partial charge in [0.25, 0.3) is 11.8 Å². The molecule has 2 aliphatic rings. The minimum absolute atomic E-state index is 0.264. The summed E-state index contributed by atoms with van der Waals surface area (Å²) in [5.74, 6) is -1.33. The highest BCUT2D eigenvalue weighted by molar-refractivity contribution is 6.07. The van der Waals surface area contributed by atoms with Crippen LogP contribution in [0.1, 0.15) is 19.8 Å². The van der Waals surface area contributed by atoms with Crippen molar-refractivity contribution in [1.82, 2.24) is 5.06 Å². The molecule has 0 aromatic rings. The van der Waals surface area contributed by atoms with Gasteiger partial charge in [-0.1, -0.05) is 12.2 Å². The molecular formula is C9H11NO3. The van der Waals surface area contributed by atoms with Crippen LogP contribution in [0, 0.1) is 11.3 Å². The van der Waals surface area contributed by atoms with Crippen LogP contribution in [-0.4, -0.2) is 22.1 Å². The maximum absolute atomic E-state index is 11.5. The van der Waals surface area contributed by atoms with Gasteiger partial charge in [0.05, 0.1) is 11.3 Å². The fourth-order valence-corrected chi connectivity index (χ4v) is 2.08. The second-order valence-electron chi connectivity index (χ2n) is 3.77. The van der Waals surface area contributed by atoms with Gasteiger partial charge in [-0.3, -0.25) is 14.8 Å². The van der Waals surface area contributed by atoms with Crippen molar-refractivity contribution in [2.45, 2.75) is 19.8 Å². The predicted octanol–water partition coefficient (Wildman–Crippen LogP) is 0.717. The number of imide groups is 1. The number of allylic oxidation sites excluding steroid dienone is 1. The zero-order chi connectivity index (χ0) is 9.64. The zero-order valence-corrected chi connectivity index (χ0v) is 7.36. The van der Waals surface area contributed by atoms with Crippen LogP contribution in [0.3, 0.4) is 0 Å². The van der Waals surface area contributed by atoms with Crippen molar-refractivity contribution in [2.75, 3.05) is 0 Å². The first-order valence-electron chi connectivity index (χ1n) is 4.32. The molecule has 0 radical (unpaired) electrons. The number of rotatable bonds is 0. The Morgan fingerprint density at radius 2 is 2.31 bits per heavy atom. The topological polar surface area (TPSA) is 57.6 Å². The van der Waals surface area contributed by atoms with E-state index in [2.05, 4.69) is 0 Å². The maximum atomic E-state index is 11.5. The number of carbonyl (C=O) groups is 2. The molecule has 70 valence electrons. The van der Waals surface area contributed by atoms with Crippen molar-refractivity contribution < 1.29 is 14.8 Å². The van der Waals surface area contributed by atoms with Crippen molar-refractivity contribution in [3.63, 3.8) is 0 Å². The number of hydrogen-bond acceptors (Lipinski definition) is 3. The van der Waals surface area contributed by atoms with Gasteiger partial charge < -0.3 is 0 Å². The Hall–Kier alpha value is -1.16. The number of hydrogen-bond donors (Lipinski definition) is 1. The van der Waals surface area contributed by atoms with Crippen molar-refractivity contribution in [3.05, 3.63) is 12.2 Å². The first-order valence-corrected chi connectivity index (χ1v) is 4.32. The summed E-state index contributed by atoms with van der Waals surface area (Å²) in [4.78, 5) is 22.9. The van der Waals surface area contributed by atoms with E-state index >= 15 is 0 Å². The van der Waals surface area contributed by atoms with E-state index in [1.54, 1.807) is 13.0 Å². The van der Waals surface area contributed by atoms with E-state index < -0.39 is 17.2 Å². The number of hydroxylamine groups is 2. The molecule has 0 aromatic carbocycles. The Morgan fingerprint density at radius 3 is 2.92 bits per heavy atom. The Labute approximate surface area is 75.8 Å². The smallest absolute Gasteiger partial charge is 0.263 e. The number of nitrogens with zero attached hydrogens (tertiary/aromatic N) is 1. The number of carbonyl (C=O) groups excluding carboxylic acids is 2. The van der Waals surface area contributed by atoms with Gasteiger partial charge in [-0.2, -0.15) is 5.06 Å². The molecule has 2 atom stereocenters. The van der Waals surface area contributed by atoms with Gasteiger partial charge in [-0.05, 0) is 19.8 Å². The first-order chi connectivity index (χ1) is 6.07. The molecule has 4 nitrogen and oxygen atoms in total. The van der Waals surface area contributed by atoms with Gasteiger partial charge in [0.2, 0.25) is 0 Å². The predicted molar refractivity (Wildman–Crippen MR) is 43.6 cm³/mol. The van der Waals surface area contributed by atoms with E-state index in [9.17, 15) is 9.59 Å². The van der Waals surface area contributed by atoms with E-state index in [4.69, 9.17) is 5.21 Å². The second kappa shape index (κ2) is 2.42. The highest BCUT2D eigenvalue weighted by Crippen LogP contribution is 2.43. The normalized spacial score (nSPS) is 38.3. The summed E-state index contributed by atoms with van der Waals surface area (Å²) in [6, 6.07) is 0. The zero-order valence-electron chi connectivity index (χ0n) is 7.36. The van der Waals surface area contributed by atoms with Crippen molar-refractivity contribution in [1.29, 1.82) is 0 Å². The average Bonchev–Trinajstić information content (AvgIpc) is 2.29. The molecule has 1 fully saturated rings. The fraction of sp³-hybridized carbons (Fsp3) is 0.556. The summed E-state index contributed by atoms with van der Waals surface area (Å²) in [6.07, 6.45) is 5.07. The summed E-state index contributed by atoms with van der Waals surface area (Å²) in [6.45, 7) is 1.70. The number of amides is 2. The van der Waals surface area contributed by atoms with Crippen LogP contribution in [0.4, 0.5) is 0 Å². The van der Waals surface area contributed by atoms with E-state index in [0.717, 1.165) is 6.42 Å². The van der Waals surface area contributed by atoms with E-state index in [0.29, 0.717) is 6.42 Å². The van der Waals surface area contributed by atoms with Gasteiger partial charge >= 0.3 is 0 Å².